The highest BCUT2D eigenvalue weighted by Gasteiger charge is 2.12. The summed E-state index contributed by atoms with van der Waals surface area (Å²) in [6, 6.07) is 5.53. The molecule has 0 radical (unpaired) electrons. The summed E-state index contributed by atoms with van der Waals surface area (Å²) in [4.78, 5) is 17.7. The first-order valence-corrected chi connectivity index (χ1v) is 5.56. The van der Waals surface area contributed by atoms with Crippen molar-refractivity contribution in [2.75, 3.05) is 19.7 Å². The van der Waals surface area contributed by atoms with Gasteiger partial charge in [-0.15, -0.1) is 0 Å². The van der Waals surface area contributed by atoms with Gasteiger partial charge >= 0.3 is 0 Å². The average Bonchev–Trinajstić information content (AvgIpc) is 2.30. The Morgan fingerprint density at radius 3 is 2.81 bits per heavy atom. The molecule has 1 aromatic rings. The molecule has 4 heteroatoms. The summed E-state index contributed by atoms with van der Waals surface area (Å²) in [6.45, 7) is 3.11. The number of hydrogen-bond acceptors (Lipinski definition) is 3. The van der Waals surface area contributed by atoms with Crippen LogP contribution in [0, 0.1) is 0 Å². The van der Waals surface area contributed by atoms with Gasteiger partial charge in [0, 0.05) is 25.0 Å². The molecule has 88 valence electrons. The Balaban J connectivity index is 2.55. The summed E-state index contributed by atoms with van der Waals surface area (Å²) >= 11 is 0. The van der Waals surface area contributed by atoms with Crippen LogP contribution in [-0.4, -0.2) is 40.6 Å². The van der Waals surface area contributed by atoms with Crippen molar-refractivity contribution in [1.82, 2.24) is 9.88 Å². The topological polar surface area (TPSA) is 53.4 Å². The Morgan fingerprint density at radius 2 is 2.25 bits per heavy atom. The summed E-state index contributed by atoms with van der Waals surface area (Å²) in [5.74, 6) is 0.0228. The Hall–Kier alpha value is -1.42. The second-order valence-corrected chi connectivity index (χ2v) is 3.60. The number of aromatic nitrogens is 1. The van der Waals surface area contributed by atoms with E-state index < -0.39 is 0 Å². The highest BCUT2D eigenvalue weighted by Crippen LogP contribution is 2.00. The van der Waals surface area contributed by atoms with E-state index in [1.165, 1.54) is 0 Å². The van der Waals surface area contributed by atoms with Gasteiger partial charge < -0.3 is 10.0 Å². The molecule has 16 heavy (non-hydrogen) atoms. The molecule has 1 rings (SSSR count). The van der Waals surface area contributed by atoms with Gasteiger partial charge in [0.15, 0.2) is 0 Å². The van der Waals surface area contributed by atoms with Crippen molar-refractivity contribution in [1.29, 1.82) is 0 Å². The highest BCUT2D eigenvalue weighted by atomic mass is 16.3. The zero-order valence-electron chi connectivity index (χ0n) is 9.59. The summed E-state index contributed by atoms with van der Waals surface area (Å²) in [5.41, 5.74) is 0.770. The van der Waals surface area contributed by atoms with Crippen LogP contribution < -0.4 is 0 Å². The van der Waals surface area contributed by atoms with Crippen LogP contribution >= 0.6 is 0 Å². The molecule has 0 saturated heterocycles. The number of rotatable bonds is 6. The largest absolute Gasteiger partial charge is 0.395 e. The van der Waals surface area contributed by atoms with Crippen LogP contribution in [0.15, 0.2) is 24.4 Å². The third-order valence-electron chi connectivity index (χ3n) is 2.27. The number of carbonyl (C=O) groups is 1. The first kappa shape index (κ1) is 12.6. The smallest absolute Gasteiger partial charge is 0.228 e. The Morgan fingerprint density at radius 1 is 1.44 bits per heavy atom. The predicted molar refractivity (Wildman–Crippen MR) is 61.9 cm³/mol. The SMILES string of the molecule is CCCN(CCO)C(=O)Cc1ccccn1. The average molecular weight is 222 g/mol. The van der Waals surface area contributed by atoms with Crippen LogP contribution in [0.1, 0.15) is 19.0 Å². The quantitative estimate of drug-likeness (QED) is 0.776. The fraction of sp³-hybridized carbons (Fsp3) is 0.500. The van der Waals surface area contributed by atoms with Gasteiger partial charge in [0.25, 0.3) is 0 Å². The van der Waals surface area contributed by atoms with E-state index in [0.717, 1.165) is 12.1 Å². The molecule has 0 aliphatic carbocycles. The van der Waals surface area contributed by atoms with Crippen LogP contribution in [0.4, 0.5) is 0 Å². The highest BCUT2D eigenvalue weighted by molar-refractivity contribution is 5.78. The van der Waals surface area contributed by atoms with Crippen molar-refractivity contribution in [2.45, 2.75) is 19.8 Å². The van der Waals surface area contributed by atoms with E-state index in [1.54, 1.807) is 11.1 Å². The second-order valence-electron chi connectivity index (χ2n) is 3.60. The van der Waals surface area contributed by atoms with E-state index in [-0.39, 0.29) is 12.5 Å². The van der Waals surface area contributed by atoms with Gasteiger partial charge in [0.1, 0.15) is 0 Å². The number of carbonyl (C=O) groups excluding carboxylic acids is 1. The molecule has 0 atom stereocenters. The maximum absolute atomic E-state index is 11.9. The van der Waals surface area contributed by atoms with Gasteiger partial charge in [0.05, 0.1) is 13.0 Å². The van der Waals surface area contributed by atoms with Gasteiger partial charge in [-0.3, -0.25) is 9.78 Å². The molecule has 0 unspecified atom stereocenters. The standard InChI is InChI=1S/C12H18N2O2/c1-2-7-14(8-9-15)12(16)10-11-5-3-4-6-13-11/h3-6,15H,2,7-10H2,1H3. The third-order valence-corrected chi connectivity index (χ3v) is 2.27. The molecule has 1 N–H and O–H groups in total. The number of aliphatic hydroxyl groups excluding tert-OH is 1. The van der Waals surface area contributed by atoms with E-state index >= 15 is 0 Å². The molecule has 0 saturated carbocycles. The maximum Gasteiger partial charge on any atom is 0.228 e. The minimum atomic E-state index is 0.00790. The van der Waals surface area contributed by atoms with E-state index in [4.69, 9.17) is 5.11 Å². The van der Waals surface area contributed by atoms with Crippen LogP contribution in [-0.2, 0) is 11.2 Å². The molecule has 0 spiro atoms. The Kier molecular flexibility index (Phi) is 5.50. The third kappa shape index (κ3) is 3.98. The van der Waals surface area contributed by atoms with E-state index in [0.29, 0.717) is 19.5 Å². The lowest BCUT2D eigenvalue weighted by atomic mass is 10.2. The van der Waals surface area contributed by atoms with Crippen molar-refractivity contribution in [3.8, 4) is 0 Å². The first-order chi connectivity index (χ1) is 7.77. The maximum atomic E-state index is 11.9. The van der Waals surface area contributed by atoms with Crippen LogP contribution in [0.5, 0.6) is 0 Å². The molecule has 0 fully saturated rings. The Labute approximate surface area is 95.9 Å². The lowest BCUT2D eigenvalue weighted by molar-refractivity contribution is -0.131. The summed E-state index contributed by atoms with van der Waals surface area (Å²) in [6.07, 6.45) is 2.88. The summed E-state index contributed by atoms with van der Waals surface area (Å²) < 4.78 is 0. The number of aliphatic hydroxyl groups is 1. The van der Waals surface area contributed by atoms with Crippen molar-refractivity contribution in [2.24, 2.45) is 0 Å². The van der Waals surface area contributed by atoms with Crippen LogP contribution in [0.3, 0.4) is 0 Å². The number of amides is 1. The monoisotopic (exact) mass is 222 g/mol. The van der Waals surface area contributed by atoms with Crippen molar-refractivity contribution in [3.63, 3.8) is 0 Å². The predicted octanol–water partition coefficient (Wildman–Crippen LogP) is 0.855. The van der Waals surface area contributed by atoms with Gasteiger partial charge in [-0.05, 0) is 18.6 Å². The van der Waals surface area contributed by atoms with Crippen molar-refractivity contribution in [3.05, 3.63) is 30.1 Å². The molecule has 0 aliphatic heterocycles. The van der Waals surface area contributed by atoms with Crippen LogP contribution in [0.25, 0.3) is 0 Å². The van der Waals surface area contributed by atoms with E-state index in [1.807, 2.05) is 25.1 Å². The molecular weight excluding hydrogens is 204 g/mol. The fourth-order valence-corrected chi connectivity index (χ4v) is 1.52. The van der Waals surface area contributed by atoms with Gasteiger partial charge in [-0.25, -0.2) is 0 Å². The van der Waals surface area contributed by atoms with E-state index in [9.17, 15) is 4.79 Å². The molecule has 0 aromatic carbocycles. The normalized spacial score (nSPS) is 10.1. The zero-order valence-corrected chi connectivity index (χ0v) is 9.59. The minimum absolute atomic E-state index is 0.00790. The number of hydrogen-bond donors (Lipinski definition) is 1. The zero-order chi connectivity index (χ0) is 11.8. The number of pyridine rings is 1. The fourth-order valence-electron chi connectivity index (χ4n) is 1.52. The molecule has 0 aliphatic rings. The molecule has 1 amide bonds. The minimum Gasteiger partial charge on any atom is -0.395 e. The molecule has 0 bridgehead atoms. The van der Waals surface area contributed by atoms with E-state index in [2.05, 4.69) is 4.98 Å². The molecule has 4 nitrogen and oxygen atoms in total. The van der Waals surface area contributed by atoms with Gasteiger partial charge in [0.2, 0.25) is 5.91 Å². The molecule has 1 heterocycles. The second kappa shape index (κ2) is 6.95. The van der Waals surface area contributed by atoms with Crippen molar-refractivity contribution < 1.29 is 9.90 Å². The molecular formula is C12H18N2O2. The lowest BCUT2D eigenvalue weighted by Crippen LogP contribution is -2.35. The van der Waals surface area contributed by atoms with Gasteiger partial charge in [-0.2, -0.15) is 0 Å². The van der Waals surface area contributed by atoms with Gasteiger partial charge in [-0.1, -0.05) is 13.0 Å². The van der Waals surface area contributed by atoms with Crippen LogP contribution in [0.2, 0.25) is 0 Å². The van der Waals surface area contributed by atoms with Crippen molar-refractivity contribution >= 4 is 5.91 Å². The molecule has 1 aromatic heterocycles. The Bertz CT molecular complexity index is 308. The summed E-state index contributed by atoms with van der Waals surface area (Å²) in [5, 5.41) is 8.87. The first-order valence-electron chi connectivity index (χ1n) is 5.56. The lowest BCUT2D eigenvalue weighted by Gasteiger charge is -2.20. The summed E-state index contributed by atoms with van der Waals surface area (Å²) in [7, 11) is 0. The number of nitrogens with zero attached hydrogens (tertiary/aromatic N) is 2.